The number of carboxylic acid groups (broad SMARTS) is 1. The number of rotatable bonds is 6. The van der Waals surface area contributed by atoms with Gasteiger partial charge in [-0.2, -0.15) is 4.31 Å². The van der Waals surface area contributed by atoms with Gasteiger partial charge in [-0.15, -0.1) is 0 Å². The molecule has 0 aliphatic carbocycles. The number of sulfonamides is 1. The predicted octanol–water partition coefficient (Wildman–Crippen LogP) is 1.07. The first-order chi connectivity index (χ1) is 11.2. The van der Waals surface area contributed by atoms with Crippen molar-refractivity contribution in [3.05, 3.63) is 30.3 Å². The summed E-state index contributed by atoms with van der Waals surface area (Å²) in [6.07, 6.45) is 1.01. The molecule has 24 heavy (non-hydrogen) atoms. The van der Waals surface area contributed by atoms with Gasteiger partial charge in [0.25, 0.3) is 0 Å². The largest absolute Gasteiger partial charge is 0.481 e. The van der Waals surface area contributed by atoms with Crippen molar-refractivity contribution < 1.29 is 23.1 Å². The highest BCUT2D eigenvalue weighted by Gasteiger charge is 2.40. The number of amides is 1. The number of hydrogen-bond donors (Lipinski definition) is 2. The monoisotopic (exact) mass is 354 g/mol. The van der Waals surface area contributed by atoms with Crippen molar-refractivity contribution in [2.24, 2.45) is 5.41 Å². The average Bonchev–Trinajstić information content (AvgIpc) is 3.04. The maximum Gasteiger partial charge on any atom is 0.310 e. The van der Waals surface area contributed by atoms with E-state index < -0.39 is 33.4 Å². The molecular weight excluding hydrogens is 332 g/mol. The molecule has 0 spiro atoms. The molecule has 1 heterocycles. The van der Waals surface area contributed by atoms with Crippen molar-refractivity contribution in [3.8, 4) is 0 Å². The van der Waals surface area contributed by atoms with Gasteiger partial charge >= 0.3 is 5.97 Å². The van der Waals surface area contributed by atoms with E-state index >= 15 is 0 Å². The molecule has 7 nitrogen and oxygen atoms in total. The summed E-state index contributed by atoms with van der Waals surface area (Å²) in [5.74, 6) is -1.48. The van der Waals surface area contributed by atoms with E-state index in [0.717, 1.165) is 0 Å². The summed E-state index contributed by atoms with van der Waals surface area (Å²) in [4.78, 5) is 23.6. The van der Waals surface area contributed by atoms with Gasteiger partial charge in [-0.1, -0.05) is 18.2 Å². The third-order valence-corrected chi connectivity index (χ3v) is 6.06. The van der Waals surface area contributed by atoms with Crippen LogP contribution >= 0.6 is 0 Å². The van der Waals surface area contributed by atoms with Crippen molar-refractivity contribution >= 4 is 21.9 Å². The quantitative estimate of drug-likeness (QED) is 0.795. The molecular formula is C16H22N2O5S. The third-order valence-electron chi connectivity index (χ3n) is 4.14. The van der Waals surface area contributed by atoms with Crippen molar-refractivity contribution in [2.45, 2.75) is 37.6 Å². The van der Waals surface area contributed by atoms with Crippen molar-refractivity contribution in [3.63, 3.8) is 0 Å². The van der Waals surface area contributed by atoms with E-state index in [0.29, 0.717) is 12.8 Å². The number of nitrogens with zero attached hydrogens (tertiary/aromatic N) is 1. The Bertz CT molecular complexity index is 715. The first-order valence-corrected chi connectivity index (χ1v) is 9.18. The van der Waals surface area contributed by atoms with Crippen molar-refractivity contribution in [1.82, 2.24) is 9.62 Å². The second-order valence-corrected chi connectivity index (χ2v) is 8.38. The molecule has 0 radical (unpaired) electrons. The molecule has 1 atom stereocenters. The van der Waals surface area contributed by atoms with Crippen LogP contribution in [-0.2, 0) is 19.6 Å². The Kier molecular flexibility index (Phi) is 5.29. The lowest BCUT2D eigenvalue weighted by atomic mass is 9.94. The summed E-state index contributed by atoms with van der Waals surface area (Å²) in [7, 11) is -3.75. The average molecular weight is 354 g/mol. The number of carbonyl (C=O) groups excluding carboxylic acids is 1. The zero-order chi connectivity index (χ0) is 18.0. The van der Waals surface area contributed by atoms with Crippen LogP contribution in [0.25, 0.3) is 0 Å². The van der Waals surface area contributed by atoms with E-state index in [4.69, 9.17) is 5.11 Å². The summed E-state index contributed by atoms with van der Waals surface area (Å²) < 4.78 is 26.6. The van der Waals surface area contributed by atoms with Crippen LogP contribution in [-0.4, -0.2) is 48.8 Å². The maximum absolute atomic E-state index is 12.7. The molecule has 0 bridgehead atoms. The molecule has 1 unspecified atom stereocenters. The van der Waals surface area contributed by atoms with Crippen molar-refractivity contribution in [1.29, 1.82) is 0 Å². The molecule has 1 aromatic rings. The van der Waals surface area contributed by atoms with Crippen LogP contribution < -0.4 is 5.32 Å². The Morgan fingerprint density at radius 1 is 1.29 bits per heavy atom. The van der Waals surface area contributed by atoms with Gasteiger partial charge in [-0.3, -0.25) is 9.59 Å². The van der Waals surface area contributed by atoms with Crippen LogP contribution in [0.15, 0.2) is 35.2 Å². The zero-order valence-electron chi connectivity index (χ0n) is 13.7. The van der Waals surface area contributed by atoms with Crippen LogP contribution in [0.3, 0.4) is 0 Å². The summed E-state index contributed by atoms with van der Waals surface area (Å²) in [6.45, 7) is 3.22. The molecule has 1 aromatic carbocycles. The zero-order valence-corrected chi connectivity index (χ0v) is 14.5. The number of benzene rings is 1. The minimum absolute atomic E-state index is 0.0586. The molecule has 2 rings (SSSR count). The van der Waals surface area contributed by atoms with Gasteiger partial charge in [0.2, 0.25) is 15.9 Å². The standard InChI is InChI=1S/C16H22N2O5S/c1-16(2,15(20)21)11-17-14(19)13-9-6-10-18(13)24(22,23)12-7-4-3-5-8-12/h3-5,7-8,13H,6,9-11H2,1-2H3,(H,17,19)(H,20,21). The molecule has 1 aliphatic rings. The first-order valence-electron chi connectivity index (χ1n) is 7.74. The summed E-state index contributed by atoms with van der Waals surface area (Å²) in [6, 6.07) is 7.17. The van der Waals surface area contributed by atoms with E-state index in [1.165, 1.54) is 30.3 Å². The lowest BCUT2D eigenvalue weighted by Gasteiger charge is -2.25. The molecule has 0 saturated carbocycles. The van der Waals surface area contributed by atoms with E-state index in [1.807, 2.05) is 0 Å². The number of carbonyl (C=O) groups is 2. The lowest BCUT2D eigenvalue weighted by molar-refractivity contribution is -0.146. The fourth-order valence-corrected chi connectivity index (χ4v) is 4.20. The third kappa shape index (κ3) is 3.76. The van der Waals surface area contributed by atoms with E-state index in [2.05, 4.69) is 5.32 Å². The Hall–Kier alpha value is -1.93. The SMILES string of the molecule is CC(C)(CNC(=O)C1CCCN1S(=O)(=O)c1ccccc1)C(=O)O. The van der Waals surface area contributed by atoms with Crippen molar-refractivity contribution in [2.75, 3.05) is 13.1 Å². The molecule has 1 fully saturated rings. The van der Waals surface area contributed by atoms with Crippen LogP contribution in [0.2, 0.25) is 0 Å². The highest BCUT2D eigenvalue weighted by molar-refractivity contribution is 7.89. The van der Waals surface area contributed by atoms with Crippen LogP contribution in [0.5, 0.6) is 0 Å². The first kappa shape index (κ1) is 18.4. The molecule has 132 valence electrons. The Balaban J connectivity index is 2.13. The number of hydrogen-bond acceptors (Lipinski definition) is 4. The topological polar surface area (TPSA) is 104 Å². The molecule has 2 N–H and O–H groups in total. The Morgan fingerprint density at radius 3 is 2.50 bits per heavy atom. The summed E-state index contributed by atoms with van der Waals surface area (Å²) >= 11 is 0. The van der Waals surface area contributed by atoms with Crippen LogP contribution in [0.4, 0.5) is 0 Å². The van der Waals surface area contributed by atoms with Gasteiger partial charge in [-0.25, -0.2) is 8.42 Å². The van der Waals surface area contributed by atoms with Gasteiger partial charge < -0.3 is 10.4 Å². The highest BCUT2D eigenvalue weighted by Crippen LogP contribution is 2.26. The van der Waals surface area contributed by atoms with Crippen LogP contribution in [0.1, 0.15) is 26.7 Å². The molecule has 0 aromatic heterocycles. The molecule has 1 amide bonds. The van der Waals surface area contributed by atoms with E-state index in [-0.39, 0.29) is 18.0 Å². The van der Waals surface area contributed by atoms with Gasteiger partial charge in [-0.05, 0) is 38.8 Å². The van der Waals surface area contributed by atoms with Gasteiger partial charge in [0.05, 0.1) is 10.3 Å². The van der Waals surface area contributed by atoms with E-state index in [9.17, 15) is 18.0 Å². The number of carboxylic acids is 1. The van der Waals surface area contributed by atoms with Gasteiger partial charge in [0.15, 0.2) is 0 Å². The Labute approximate surface area is 141 Å². The smallest absolute Gasteiger partial charge is 0.310 e. The van der Waals surface area contributed by atoms with Gasteiger partial charge in [0.1, 0.15) is 6.04 Å². The second kappa shape index (κ2) is 6.90. The fourth-order valence-electron chi connectivity index (χ4n) is 2.52. The van der Waals surface area contributed by atoms with Crippen LogP contribution in [0, 0.1) is 5.41 Å². The fraction of sp³-hybridized carbons (Fsp3) is 0.500. The number of aliphatic carboxylic acids is 1. The minimum atomic E-state index is -3.75. The highest BCUT2D eigenvalue weighted by atomic mass is 32.2. The summed E-state index contributed by atoms with van der Waals surface area (Å²) in [5.41, 5.74) is -1.11. The lowest BCUT2D eigenvalue weighted by Crippen LogP contribution is -2.48. The molecule has 8 heteroatoms. The van der Waals surface area contributed by atoms with E-state index in [1.54, 1.807) is 18.2 Å². The Morgan fingerprint density at radius 2 is 1.92 bits per heavy atom. The predicted molar refractivity (Wildman–Crippen MR) is 87.8 cm³/mol. The molecule has 1 aliphatic heterocycles. The normalized spacial score (nSPS) is 19.2. The molecule has 1 saturated heterocycles. The summed E-state index contributed by atoms with van der Waals surface area (Å²) in [5, 5.41) is 11.7. The minimum Gasteiger partial charge on any atom is -0.481 e. The number of nitrogens with one attached hydrogen (secondary N) is 1. The second-order valence-electron chi connectivity index (χ2n) is 6.49. The van der Waals surface area contributed by atoms with Gasteiger partial charge in [0, 0.05) is 13.1 Å². The maximum atomic E-state index is 12.7.